The van der Waals surface area contributed by atoms with Gasteiger partial charge in [0.1, 0.15) is 6.17 Å². The van der Waals surface area contributed by atoms with Gasteiger partial charge in [-0.2, -0.15) is 0 Å². The molecule has 0 radical (unpaired) electrons. The van der Waals surface area contributed by atoms with Crippen molar-refractivity contribution in [2.45, 2.75) is 12.6 Å². The summed E-state index contributed by atoms with van der Waals surface area (Å²) in [6.45, 7) is 0.782. The van der Waals surface area contributed by atoms with Gasteiger partial charge in [-0.05, 0) is 6.42 Å². The van der Waals surface area contributed by atoms with Crippen LogP contribution in [0, 0.1) is 5.92 Å². The molecule has 0 aromatic carbocycles. The van der Waals surface area contributed by atoms with Crippen LogP contribution in [-0.4, -0.2) is 24.6 Å². The summed E-state index contributed by atoms with van der Waals surface area (Å²) in [7, 11) is 0. The summed E-state index contributed by atoms with van der Waals surface area (Å²) < 4.78 is 0. The van der Waals surface area contributed by atoms with Gasteiger partial charge in [-0.25, -0.2) is 10.4 Å². The molecule has 12 heavy (non-hydrogen) atoms. The Kier molecular flexibility index (Phi) is 1.70. The standard InChI is InChI=1S/C6H11N5O/c7-6-9-4-3(5(12)10-6)1-2-8-11-4/h3-4,8,11H,1-2H2,(H3,7,9,10,12). The SMILES string of the molecule is NC1=NC2NNCCC2C(=O)N1. The Balaban J connectivity index is 2.19. The lowest BCUT2D eigenvalue weighted by Crippen LogP contribution is -2.59. The largest absolute Gasteiger partial charge is 0.370 e. The quantitative estimate of drug-likeness (QED) is 0.333. The summed E-state index contributed by atoms with van der Waals surface area (Å²) in [5.41, 5.74) is 11.2. The van der Waals surface area contributed by atoms with Gasteiger partial charge >= 0.3 is 0 Å². The molecule has 0 saturated carbocycles. The number of nitrogens with zero attached hydrogens (tertiary/aromatic N) is 1. The summed E-state index contributed by atoms with van der Waals surface area (Å²) in [6, 6.07) is 0. The van der Waals surface area contributed by atoms with Gasteiger partial charge in [-0.1, -0.05) is 0 Å². The topological polar surface area (TPSA) is 91.5 Å². The van der Waals surface area contributed by atoms with E-state index in [1.54, 1.807) is 0 Å². The molecule has 2 aliphatic rings. The number of hydrogen-bond acceptors (Lipinski definition) is 5. The maximum atomic E-state index is 11.3. The maximum absolute atomic E-state index is 11.3. The number of nitrogens with two attached hydrogens (primary N) is 1. The van der Waals surface area contributed by atoms with Crippen molar-refractivity contribution in [3.8, 4) is 0 Å². The molecule has 0 aromatic heterocycles. The number of rotatable bonds is 0. The third-order valence-electron chi connectivity index (χ3n) is 2.08. The highest BCUT2D eigenvalue weighted by Gasteiger charge is 2.34. The highest BCUT2D eigenvalue weighted by Crippen LogP contribution is 2.15. The predicted molar refractivity (Wildman–Crippen MR) is 42.8 cm³/mol. The Morgan fingerprint density at radius 2 is 2.42 bits per heavy atom. The fourth-order valence-electron chi connectivity index (χ4n) is 1.46. The second-order valence-electron chi connectivity index (χ2n) is 2.91. The predicted octanol–water partition coefficient (Wildman–Crippen LogP) is -2.13. The van der Waals surface area contributed by atoms with Crippen LogP contribution in [0.5, 0.6) is 0 Å². The molecule has 6 nitrogen and oxygen atoms in total. The second-order valence-corrected chi connectivity index (χ2v) is 2.91. The molecule has 2 atom stereocenters. The lowest BCUT2D eigenvalue weighted by atomic mass is 9.99. The van der Waals surface area contributed by atoms with Crippen LogP contribution in [0.15, 0.2) is 4.99 Å². The van der Waals surface area contributed by atoms with Crippen LogP contribution in [0.1, 0.15) is 6.42 Å². The van der Waals surface area contributed by atoms with E-state index in [2.05, 4.69) is 21.2 Å². The molecule has 0 bridgehead atoms. The zero-order valence-corrected chi connectivity index (χ0v) is 6.50. The van der Waals surface area contributed by atoms with E-state index in [1.807, 2.05) is 0 Å². The number of hydrogen-bond donors (Lipinski definition) is 4. The van der Waals surface area contributed by atoms with Crippen molar-refractivity contribution in [3.63, 3.8) is 0 Å². The first-order valence-corrected chi connectivity index (χ1v) is 3.90. The minimum atomic E-state index is -0.201. The minimum absolute atomic E-state index is 0.0403. The maximum Gasteiger partial charge on any atom is 0.233 e. The van der Waals surface area contributed by atoms with Crippen molar-refractivity contribution in [1.82, 2.24) is 16.2 Å². The van der Waals surface area contributed by atoms with Crippen LogP contribution < -0.4 is 21.9 Å². The monoisotopic (exact) mass is 169 g/mol. The van der Waals surface area contributed by atoms with Crippen molar-refractivity contribution >= 4 is 11.9 Å². The Hall–Kier alpha value is -1.14. The van der Waals surface area contributed by atoms with Gasteiger partial charge in [0, 0.05) is 6.54 Å². The Morgan fingerprint density at radius 1 is 1.58 bits per heavy atom. The molecule has 0 aliphatic carbocycles. The first-order valence-electron chi connectivity index (χ1n) is 3.90. The summed E-state index contributed by atoms with van der Waals surface area (Å²) in [4.78, 5) is 15.3. The summed E-state index contributed by atoms with van der Waals surface area (Å²) in [6.07, 6.45) is 0.591. The molecular formula is C6H11N5O. The molecule has 1 fully saturated rings. The van der Waals surface area contributed by atoms with E-state index < -0.39 is 0 Å². The van der Waals surface area contributed by atoms with Crippen LogP contribution in [0.2, 0.25) is 0 Å². The van der Waals surface area contributed by atoms with Gasteiger partial charge in [0.15, 0.2) is 5.96 Å². The molecule has 0 spiro atoms. The van der Waals surface area contributed by atoms with Crippen LogP contribution in [-0.2, 0) is 4.79 Å². The third kappa shape index (κ3) is 1.15. The van der Waals surface area contributed by atoms with E-state index in [9.17, 15) is 4.79 Å². The Bertz CT molecular complexity index is 238. The van der Waals surface area contributed by atoms with E-state index in [0.717, 1.165) is 13.0 Å². The zero-order valence-electron chi connectivity index (χ0n) is 6.50. The summed E-state index contributed by atoms with van der Waals surface area (Å²) in [5, 5.41) is 2.50. The molecule has 2 aliphatic heterocycles. The van der Waals surface area contributed by atoms with Crippen molar-refractivity contribution in [2.24, 2.45) is 16.6 Å². The van der Waals surface area contributed by atoms with Crippen LogP contribution in [0.25, 0.3) is 0 Å². The number of carbonyl (C=O) groups excluding carboxylic acids is 1. The average Bonchev–Trinajstić information content (AvgIpc) is 2.04. The molecule has 2 heterocycles. The zero-order chi connectivity index (χ0) is 8.55. The minimum Gasteiger partial charge on any atom is -0.370 e. The van der Waals surface area contributed by atoms with E-state index in [4.69, 9.17) is 5.73 Å². The molecular weight excluding hydrogens is 158 g/mol. The number of fused-ring (bicyclic) bond motifs is 1. The van der Waals surface area contributed by atoms with Gasteiger partial charge in [0.2, 0.25) is 5.91 Å². The number of amides is 1. The lowest BCUT2D eigenvalue weighted by molar-refractivity contribution is -0.126. The van der Waals surface area contributed by atoms with Gasteiger partial charge in [0.05, 0.1) is 5.92 Å². The van der Waals surface area contributed by atoms with Crippen LogP contribution >= 0.6 is 0 Å². The molecule has 66 valence electrons. The fraction of sp³-hybridized carbons (Fsp3) is 0.667. The Morgan fingerprint density at radius 3 is 3.25 bits per heavy atom. The Labute approximate surface area is 69.6 Å². The third-order valence-corrected chi connectivity index (χ3v) is 2.08. The molecule has 1 saturated heterocycles. The van der Waals surface area contributed by atoms with Gasteiger partial charge in [-0.15, -0.1) is 0 Å². The van der Waals surface area contributed by atoms with E-state index in [-0.39, 0.29) is 24.0 Å². The second kappa shape index (κ2) is 2.72. The van der Waals surface area contributed by atoms with Gasteiger partial charge in [-0.3, -0.25) is 15.5 Å². The van der Waals surface area contributed by atoms with Crippen molar-refractivity contribution < 1.29 is 4.79 Å². The first-order chi connectivity index (χ1) is 5.77. The van der Waals surface area contributed by atoms with Crippen molar-refractivity contribution in [1.29, 1.82) is 0 Å². The number of guanidine groups is 1. The number of hydrazine groups is 1. The molecule has 1 amide bonds. The van der Waals surface area contributed by atoms with E-state index in [0.29, 0.717) is 0 Å². The first kappa shape index (κ1) is 7.51. The molecule has 2 unspecified atom stereocenters. The van der Waals surface area contributed by atoms with E-state index in [1.165, 1.54) is 0 Å². The molecule has 6 heteroatoms. The molecule has 5 N–H and O–H groups in total. The van der Waals surface area contributed by atoms with Crippen LogP contribution in [0.3, 0.4) is 0 Å². The highest BCUT2D eigenvalue weighted by atomic mass is 16.2. The van der Waals surface area contributed by atoms with Crippen LogP contribution in [0.4, 0.5) is 0 Å². The normalized spacial score (nSPS) is 35.0. The van der Waals surface area contributed by atoms with Gasteiger partial charge in [0.25, 0.3) is 0 Å². The highest BCUT2D eigenvalue weighted by molar-refractivity contribution is 5.99. The number of nitrogens with one attached hydrogen (secondary N) is 3. The molecule has 0 aromatic rings. The summed E-state index contributed by atoms with van der Waals surface area (Å²) >= 11 is 0. The van der Waals surface area contributed by atoms with Crippen molar-refractivity contribution in [2.75, 3.05) is 6.54 Å². The molecule has 2 rings (SSSR count). The lowest BCUT2D eigenvalue weighted by Gasteiger charge is -2.32. The van der Waals surface area contributed by atoms with E-state index >= 15 is 0 Å². The average molecular weight is 169 g/mol. The number of aliphatic imine (C=N–C) groups is 1. The number of carbonyl (C=O) groups is 1. The summed E-state index contributed by atoms with van der Waals surface area (Å²) in [5.74, 6) is 0.0671. The fourth-order valence-corrected chi connectivity index (χ4v) is 1.46. The van der Waals surface area contributed by atoms with Gasteiger partial charge < -0.3 is 5.73 Å². The van der Waals surface area contributed by atoms with Crippen molar-refractivity contribution in [3.05, 3.63) is 0 Å². The smallest absolute Gasteiger partial charge is 0.233 e.